The van der Waals surface area contributed by atoms with Crippen molar-refractivity contribution in [2.75, 3.05) is 0 Å². The number of alkyl halides is 5. The average Bonchev–Trinajstić information content (AvgIpc) is 2.68. The molecule has 1 aromatic heterocycles. The number of hydrogen-bond donors (Lipinski definition) is 2. The highest BCUT2D eigenvalue weighted by atomic mass is 19.4. The molecule has 0 unspecified atom stereocenters. The van der Waals surface area contributed by atoms with Crippen molar-refractivity contribution in [3.05, 3.63) is 35.8 Å². The fraction of sp³-hybridized carbons (Fsp3) is 0.500. The highest BCUT2D eigenvalue weighted by molar-refractivity contribution is 5.97. The second-order valence-corrected chi connectivity index (χ2v) is 7.53. The van der Waals surface area contributed by atoms with Gasteiger partial charge in [0.2, 0.25) is 0 Å². The number of carbonyl (C=O) groups excluding carboxylic acids is 1. The molecule has 1 amide bonds. The number of ether oxygens (including phenoxy) is 1. The molecule has 3 rings (SSSR count). The number of hydrogen-bond acceptors (Lipinski definition) is 4. The van der Waals surface area contributed by atoms with E-state index in [0.717, 1.165) is 19.1 Å². The summed E-state index contributed by atoms with van der Waals surface area (Å²) in [5.41, 5.74) is 0.333. The molecule has 0 radical (unpaired) electrons. The van der Waals surface area contributed by atoms with Gasteiger partial charge in [0.15, 0.2) is 11.6 Å². The Morgan fingerprint density at radius 1 is 1.13 bits per heavy atom. The Labute approximate surface area is 174 Å². The second kappa shape index (κ2) is 9.29. The van der Waals surface area contributed by atoms with Crippen molar-refractivity contribution in [3.63, 3.8) is 0 Å². The molecule has 1 atom stereocenters. The van der Waals surface area contributed by atoms with Crippen LogP contribution in [-0.4, -0.2) is 41.8 Å². The van der Waals surface area contributed by atoms with Crippen LogP contribution in [0.15, 0.2) is 24.4 Å². The topological polar surface area (TPSA) is 63.2 Å². The summed E-state index contributed by atoms with van der Waals surface area (Å²) in [4.78, 5) is 16.5. The molecule has 31 heavy (non-hydrogen) atoms. The maximum absolute atomic E-state index is 13.9. The van der Waals surface area contributed by atoms with E-state index in [4.69, 9.17) is 0 Å². The van der Waals surface area contributed by atoms with Gasteiger partial charge < -0.3 is 15.4 Å². The van der Waals surface area contributed by atoms with E-state index in [1.54, 1.807) is 0 Å². The molecule has 0 spiro atoms. The van der Waals surface area contributed by atoms with E-state index < -0.39 is 36.3 Å². The number of aromatic nitrogens is 1. The van der Waals surface area contributed by atoms with E-state index in [9.17, 15) is 31.1 Å². The van der Waals surface area contributed by atoms with Crippen molar-refractivity contribution in [1.82, 2.24) is 15.6 Å². The van der Waals surface area contributed by atoms with Crippen molar-refractivity contribution < 1.29 is 35.9 Å². The minimum absolute atomic E-state index is 0.153. The summed E-state index contributed by atoms with van der Waals surface area (Å²) in [6.07, 6.45) is -1.07. The van der Waals surface area contributed by atoms with E-state index in [0.29, 0.717) is 25.7 Å². The predicted molar refractivity (Wildman–Crippen MR) is 100 cm³/mol. The molecule has 1 aliphatic rings. The number of pyridine rings is 1. The van der Waals surface area contributed by atoms with Crippen LogP contribution in [0.1, 0.15) is 43.0 Å². The van der Waals surface area contributed by atoms with Crippen LogP contribution in [0.3, 0.4) is 0 Å². The van der Waals surface area contributed by atoms with Gasteiger partial charge in [-0.25, -0.2) is 4.39 Å². The van der Waals surface area contributed by atoms with Crippen LogP contribution in [0.25, 0.3) is 10.9 Å². The van der Waals surface area contributed by atoms with Crippen LogP contribution in [0, 0.1) is 5.82 Å². The monoisotopic (exact) mass is 449 g/mol. The largest absolute Gasteiger partial charge is 0.432 e. The number of carbonyl (C=O) groups is 1. The number of nitrogens with one attached hydrogen (secondary N) is 2. The Morgan fingerprint density at radius 2 is 1.77 bits per heavy atom. The zero-order chi connectivity index (χ0) is 22.8. The van der Waals surface area contributed by atoms with E-state index in [2.05, 4.69) is 20.4 Å². The molecule has 1 fully saturated rings. The second-order valence-electron chi connectivity index (χ2n) is 7.53. The van der Waals surface area contributed by atoms with Gasteiger partial charge in [-0.1, -0.05) is 0 Å². The zero-order valence-corrected chi connectivity index (χ0v) is 16.5. The molecule has 170 valence electrons. The SMILES string of the molecule is C[C@@H](NC1CCC(NC(=O)c2cnc3cc(OC(F)F)c(F)cc3c2)CC1)C(F)(F)F. The molecule has 2 aromatic rings. The average molecular weight is 449 g/mol. The maximum Gasteiger partial charge on any atom is 0.403 e. The minimum atomic E-state index is -4.31. The summed E-state index contributed by atoms with van der Waals surface area (Å²) in [5, 5.41) is 5.61. The van der Waals surface area contributed by atoms with Gasteiger partial charge in [-0.3, -0.25) is 9.78 Å². The molecule has 5 nitrogen and oxygen atoms in total. The molecule has 2 N–H and O–H groups in total. The third-order valence-corrected chi connectivity index (χ3v) is 5.25. The van der Waals surface area contributed by atoms with Gasteiger partial charge in [-0.05, 0) is 44.7 Å². The molecule has 1 aromatic carbocycles. The van der Waals surface area contributed by atoms with Crippen molar-refractivity contribution >= 4 is 16.8 Å². The van der Waals surface area contributed by atoms with Gasteiger partial charge >= 0.3 is 12.8 Å². The summed E-state index contributed by atoms with van der Waals surface area (Å²) in [5.74, 6) is -2.11. The van der Waals surface area contributed by atoms with Gasteiger partial charge in [0, 0.05) is 29.7 Å². The number of benzene rings is 1. The molecule has 1 heterocycles. The number of rotatable bonds is 6. The fourth-order valence-corrected chi connectivity index (χ4v) is 3.56. The maximum atomic E-state index is 13.9. The Kier molecular flexibility index (Phi) is 6.93. The first-order valence-electron chi connectivity index (χ1n) is 9.70. The number of fused-ring (bicyclic) bond motifs is 1. The van der Waals surface area contributed by atoms with Crippen molar-refractivity contribution in [3.8, 4) is 5.75 Å². The molecule has 0 saturated heterocycles. The first-order chi connectivity index (χ1) is 14.5. The lowest BCUT2D eigenvalue weighted by Gasteiger charge is -2.32. The summed E-state index contributed by atoms with van der Waals surface area (Å²) >= 11 is 0. The van der Waals surface area contributed by atoms with Gasteiger partial charge in [-0.15, -0.1) is 0 Å². The Balaban J connectivity index is 1.59. The van der Waals surface area contributed by atoms with Crippen molar-refractivity contribution in [2.45, 2.75) is 63.5 Å². The smallest absolute Gasteiger partial charge is 0.403 e. The molecule has 0 bridgehead atoms. The van der Waals surface area contributed by atoms with Crippen molar-refractivity contribution in [2.24, 2.45) is 0 Å². The predicted octanol–water partition coefficient (Wildman–Crippen LogP) is 4.56. The summed E-state index contributed by atoms with van der Waals surface area (Å²) in [7, 11) is 0. The van der Waals surface area contributed by atoms with Crippen LogP contribution in [0.2, 0.25) is 0 Å². The third kappa shape index (κ3) is 5.99. The van der Waals surface area contributed by atoms with Crippen LogP contribution in [0.4, 0.5) is 26.3 Å². The minimum Gasteiger partial charge on any atom is -0.432 e. The van der Waals surface area contributed by atoms with E-state index in [-0.39, 0.29) is 28.6 Å². The molecule has 11 heteroatoms. The van der Waals surface area contributed by atoms with Gasteiger partial charge in [0.25, 0.3) is 5.91 Å². The zero-order valence-electron chi connectivity index (χ0n) is 16.5. The lowest BCUT2D eigenvalue weighted by molar-refractivity contribution is -0.153. The lowest BCUT2D eigenvalue weighted by atomic mass is 9.90. The lowest BCUT2D eigenvalue weighted by Crippen LogP contribution is -2.48. The standard InChI is InChI=1S/C20H21F6N3O2/c1-10(20(24,25)26)28-13-2-4-14(5-3-13)29-18(30)12-6-11-7-15(21)17(31-19(22)23)8-16(11)27-9-12/h6-10,13-14,19,28H,2-5H2,1H3,(H,29,30)/t10-,13?,14?/m1/s1. The van der Waals surface area contributed by atoms with Gasteiger partial charge in [0.1, 0.15) is 6.04 Å². The van der Waals surface area contributed by atoms with Crippen LogP contribution in [-0.2, 0) is 0 Å². The Bertz CT molecular complexity index is 929. The third-order valence-electron chi connectivity index (χ3n) is 5.25. The van der Waals surface area contributed by atoms with E-state index >= 15 is 0 Å². The van der Waals surface area contributed by atoms with Gasteiger partial charge in [-0.2, -0.15) is 22.0 Å². The van der Waals surface area contributed by atoms with Crippen LogP contribution in [0.5, 0.6) is 5.75 Å². The van der Waals surface area contributed by atoms with E-state index in [1.807, 2.05) is 0 Å². The molecule has 1 aliphatic carbocycles. The molecule has 0 aliphatic heterocycles. The molecule has 1 saturated carbocycles. The number of halogens is 6. The first-order valence-corrected chi connectivity index (χ1v) is 9.70. The first kappa shape index (κ1) is 23.1. The Morgan fingerprint density at radius 3 is 2.39 bits per heavy atom. The van der Waals surface area contributed by atoms with E-state index in [1.165, 1.54) is 12.3 Å². The highest BCUT2D eigenvalue weighted by Gasteiger charge is 2.37. The van der Waals surface area contributed by atoms with Crippen LogP contribution >= 0.6 is 0 Å². The number of nitrogens with zero attached hydrogens (tertiary/aromatic N) is 1. The summed E-state index contributed by atoms with van der Waals surface area (Å²) < 4.78 is 80.6. The summed E-state index contributed by atoms with van der Waals surface area (Å²) in [6.45, 7) is -2.11. The summed E-state index contributed by atoms with van der Waals surface area (Å²) in [6, 6.07) is 1.27. The molecular formula is C20H21F6N3O2. The van der Waals surface area contributed by atoms with Gasteiger partial charge in [0.05, 0.1) is 11.1 Å². The molecular weight excluding hydrogens is 428 g/mol. The number of amides is 1. The highest BCUT2D eigenvalue weighted by Crippen LogP contribution is 2.27. The Hall–Kier alpha value is -2.56. The van der Waals surface area contributed by atoms with Crippen LogP contribution < -0.4 is 15.4 Å². The quantitative estimate of drug-likeness (QED) is 0.635. The fourth-order valence-electron chi connectivity index (χ4n) is 3.56. The van der Waals surface area contributed by atoms with Crippen molar-refractivity contribution in [1.29, 1.82) is 0 Å². The normalized spacial score (nSPS) is 20.6.